The molecule has 0 saturated heterocycles. The summed E-state index contributed by atoms with van der Waals surface area (Å²) >= 11 is 0. The van der Waals surface area contributed by atoms with Crippen LogP contribution in [0.15, 0.2) is 303 Å². The molecule has 0 atom stereocenters. The van der Waals surface area contributed by atoms with Crippen molar-refractivity contribution < 1.29 is 9.47 Å². The Kier molecular flexibility index (Phi) is 10.6. The van der Waals surface area contributed by atoms with Crippen molar-refractivity contribution in [3.8, 4) is 23.0 Å². The molecule has 0 saturated carbocycles. The van der Waals surface area contributed by atoms with Gasteiger partial charge in [0.2, 0.25) is 0 Å². The van der Waals surface area contributed by atoms with Gasteiger partial charge >= 0.3 is 0 Å². The highest BCUT2D eigenvalue weighted by Crippen LogP contribution is 2.54. The van der Waals surface area contributed by atoms with Crippen LogP contribution in [0, 0.1) is 0 Å². The fourth-order valence-corrected chi connectivity index (χ4v) is 15.5. The van der Waals surface area contributed by atoms with Crippen molar-refractivity contribution in [2.24, 2.45) is 0 Å². The molecular formula is C78H50B3N5O2. The minimum absolute atomic E-state index is 0.149. The van der Waals surface area contributed by atoms with Gasteiger partial charge in [-0.1, -0.05) is 182 Å². The molecule has 13 aromatic carbocycles. The van der Waals surface area contributed by atoms with E-state index in [4.69, 9.17) is 9.47 Å². The van der Waals surface area contributed by atoms with Gasteiger partial charge in [0.15, 0.2) is 0 Å². The standard InChI is InChI=1S/C78H50B3N5O2/c1-7-27-51(28-8-1)82(52-29-9-2-10-30-52)57-47-64-72-65(48-57)86(56-37-17-6-18-38-56)69-50-67-74-78(88-71-46-26-22-42-61(71)80(74)59-40-20-24-44-63(59)84(67)54-33-13-4-14-34-54)76(69)81(72)75-68(85(64)55-35-15-5-16-36-55)49-66-73-77(75)87-70-45-25-21-41-60(70)79(73)58-39-19-23-43-62(58)83(66)53-31-11-3-12-32-53/h1-50H. The van der Waals surface area contributed by atoms with Crippen LogP contribution in [-0.2, 0) is 0 Å². The number of nitrogens with zero attached hydrogens (tertiary/aromatic N) is 5. The maximum Gasteiger partial charge on any atom is 0.261 e. The SMILES string of the molecule is c1ccc(N(c2ccccc2)c2cc3c4c(c2)N(c2ccccc2)c2cc5c6c(c2B4c2c(cc4c7c2Oc2ccccc2B7c2ccccc2N4c2ccccc2)N3c2ccccc2)Oc2ccccc2B6c2ccccc2N5c2ccccc2)cc1. The van der Waals surface area contributed by atoms with Gasteiger partial charge in [-0.3, -0.25) is 0 Å². The highest BCUT2D eigenvalue weighted by Gasteiger charge is 2.54. The monoisotopic (exact) mass is 1120 g/mol. The van der Waals surface area contributed by atoms with Crippen LogP contribution in [0.2, 0.25) is 0 Å². The Morgan fingerprint density at radius 2 is 0.511 bits per heavy atom. The van der Waals surface area contributed by atoms with E-state index in [2.05, 4.69) is 328 Å². The van der Waals surface area contributed by atoms with Gasteiger partial charge in [0.25, 0.3) is 20.1 Å². The molecule has 6 heterocycles. The largest absolute Gasteiger partial charge is 0.459 e. The molecule has 0 bridgehead atoms. The molecule has 0 aliphatic carbocycles. The first-order valence-electron chi connectivity index (χ1n) is 30.4. The zero-order valence-corrected chi connectivity index (χ0v) is 47.7. The van der Waals surface area contributed by atoms with Crippen LogP contribution in [0.5, 0.6) is 23.0 Å². The average molecular weight is 1120 g/mol. The minimum atomic E-state index is -0.451. The lowest BCUT2D eigenvalue weighted by Crippen LogP contribution is -2.67. The first-order valence-corrected chi connectivity index (χ1v) is 30.4. The van der Waals surface area contributed by atoms with Crippen LogP contribution in [-0.4, -0.2) is 20.1 Å². The highest BCUT2D eigenvalue weighted by molar-refractivity contribution is 7.05. The summed E-state index contributed by atoms with van der Waals surface area (Å²) < 4.78 is 15.8. The van der Waals surface area contributed by atoms with Crippen molar-refractivity contribution in [3.63, 3.8) is 0 Å². The van der Waals surface area contributed by atoms with Crippen molar-refractivity contribution in [2.75, 3.05) is 24.5 Å². The Hall–Kier alpha value is -11.3. The van der Waals surface area contributed by atoms with Crippen molar-refractivity contribution in [2.45, 2.75) is 0 Å². The van der Waals surface area contributed by atoms with Crippen LogP contribution in [0.4, 0.5) is 85.3 Å². The summed E-state index contributed by atoms with van der Waals surface area (Å²) in [7, 11) is 0. The number of ether oxygens (including phenoxy) is 2. The molecule has 0 spiro atoms. The quantitative estimate of drug-likeness (QED) is 0.147. The lowest BCUT2D eigenvalue weighted by molar-refractivity contribution is 0.490. The molecule has 88 heavy (non-hydrogen) atoms. The summed E-state index contributed by atoms with van der Waals surface area (Å²) in [5.74, 6) is 3.43. The number of fused-ring (bicyclic) bond motifs is 14. The molecule has 0 unspecified atom stereocenters. The molecule has 408 valence electrons. The molecule has 10 heteroatoms. The van der Waals surface area contributed by atoms with E-state index in [1.807, 2.05) is 0 Å². The van der Waals surface area contributed by atoms with E-state index in [-0.39, 0.29) is 13.4 Å². The first-order chi connectivity index (χ1) is 43.7. The normalized spacial score (nSPS) is 13.7. The Bertz CT molecular complexity index is 4680. The summed E-state index contributed by atoms with van der Waals surface area (Å²) in [5.41, 5.74) is 26.2. The predicted molar refractivity (Wildman–Crippen MR) is 367 cm³/mol. The summed E-state index contributed by atoms with van der Waals surface area (Å²) in [4.78, 5) is 12.4. The Morgan fingerprint density at radius 3 is 0.886 bits per heavy atom. The number of para-hydroxylation sites is 10. The third-order valence-electron chi connectivity index (χ3n) is 18.8. The van der Waals surface area contributed by atoms with Gasteiger partial charge in [0, 0.05) is 79.6 Å². The molecule has 7 nitrogen and oxygen atoms in total. The van der Waals surface area contributed by atoms with Crippen molar-refractivity contribution in [3.05, 3.63) is 303 Å². The fraction of sp³-hybridized carbons (Fsp3) is 0. The maximum atomic E-state index is 7.90. The molecule has 13 aromatic rings. The zero-order valence-electron chi connectivity index (χ0n) is 47.7. The summed E-state index contributed by atoms with van der Waals surface area (Å²) in [6, 6.07) is 111. The van der Waals surface area contributed by atoms with Gasteiger partial charge in [-0.15, -0.1) is 0 Å². The van der Waals surface area contributed by atoms with Gasteiger partial charge in [0.05, 0.1) is 5.69 Å². The second-order valence-corrected chi connectivity index (χ2v) is 23.4. The number of hydrogen-bond acceptors (Lipinski definition) is 7. The van der Waals surface area contributed by atoms with E-state index >= 15 is 0 Å². The van der Waals surface area contributed by atoms with Gasteiger partial charge in [-0.2, -0.15) is 0 Å². The van der Waals surface area contributed by atoms with Crippen LogP contribution >= 0.6 is 0 Å². The zero-order chi connectivity index (χ0) is 57.6. The van der Waals surface area contributed by atoms with Crippen molar-refractivity contribution in [1.82, 2.24) is 0 Å². The summed E-state index contributed by atoms with van der Waals surface area (Å²) in [6.45, 7) is -0.748. The summed E-state index contributed by atoms with van der Waals surface area (Å²) in [5, 5.41) is 0. The van der Waals surface area contributed by atoms with Crippen molar-refractivity contribution >= 4 is 155 Å². The fourth-order valence-electron chi connectivity index (χ4n) is 15.5. The Morgan fingerprint density at radius 1 is 0.227 bits per heavy atom. The van der Waals surface area contributed by atoms with Gasteiger partial charge < -0.3 is 34.0 Å². The smallest absolute Gasteiger partial charge is 0.261 e. The lowest BCUT2D eigenvalue weighted by Gasteiger charge is -2.49. The molecule has 6 aliphatic heterocycles. The third-order valence-corrected chi connectivity index (χ3v) is 18.8. The molecule has 0 fully saturated rings. The minimum Gasteiger partial charge on any atom is -0.459 e. The molecule has 0 aromatic heterocycles. The first kappa shape index (κ1) is 49.0. The number of hydrogen-bond donors (Lipinski definition) is 0. The van der Waals surface area contributed by atoms with E-state index in [1.54, 1.807) is 0 Å². The van der Waals surface area contributed by atoms with Gasteiger partial charge in [-0.25, -0.2) is 0 Å². The molecule has 0 amide bonds. The van der Waals surface area contributed by atoms with E-state index in [0.29, 0.717) is 0 Å². The van der Waals surface area contributed by atoms with Crippen LogP contribution in [0.3, 0.4) is 0 Å². The van der Waals surface area contributed by atoms with Gasteiger partial charge in [0.1, 0.15) is 23.0 Å². The maximum absolute atomic E-state index is 7.90. The van der Waals surface area contributed by atoms with Crippen LogP contribution < -0.4 is 83.1 Å². The average Bonchev–Trinajstić information content (AvgIpc) is 0.693. The molecule has 19 rings (SSSR count). The van der Waals surface area contributed by atoms with Crippen LogP contribution in [0.1, 0.15) is 0 Å². The van der Waals surface area contributed by atoms with Gasteiger partial charge in [-0.05, 0) is 170 Å². The Labute approximate surface area is 512 Å². The number of rotatable bonds is 7. The molecular weight excluding hydrogens is 1070 g/mol. The number of anilines is 15. The topological polar surface area (TPSA) is 34.7 Å². The lowest BCUT2D eigenvalue weighted by atomic mass is 9.28. The van der Waals surface area contributed by atoms with E-state index in [1.165, 1.54) is 10.9 Å². The predicted octanol–water partition coefficient (Wildman–Crippen LogP) is 14.0. The molecule has 6 aliphatic rings. The highest BCUT2D eigenvalue weighted by atomic mass is 16.5. The van der Waals surface area contributed by atoms with Crippen LogP contribution in [0.25, 0.3) is 0 Å². The van der Waals surface area contributed by atoms with E-state index in [0.717, 1.165) is 147 Å². The second kappa shape index (κ2) is 19.1. The molecule has 0 N–H and O–H groups in total. The Balaban J connectivity index is 1.01. The van der Waals surface area contributed by atoms with Crippen molar-refractivity contribution in [1.29, 1.82) is 0 Å². The van der Waals surface area contributed by atoms with E-state index < -0.39 is 6.71 Å². The second-order valence-electron chi connectivity index (χ2n) is 23.4. The molecule has 0 radical (unpaired) electrons. The number of benzene rings is 13. The van der Waals surface area contributed by atoms with E-state index in [9.17, 15) is 0 Å². The third kappa shape index (κ3) is 6.99. The summed E-state index contributed by atoms with van der Waals surface area (Å²) in [6.07, 6.45) is 0.